The van der Waals surface area contributed by atoms with Crippen LogP contribution < -0.4 is 0 Å². The van der Waals surface area contributed by atoms with Crippen LogP contribution in [0.15, 0.2) is 42.5 Å². The van der Waals surface area contributed by atoms with E-state index in [4.69, 9.17) is 5.11 Å². The van der Waals surface area contributed by atoms with Crippen molar-refractivity contribution in [2.75, 3.05) is 13.1 Å². The highest BCUT2D eigenvalue weighted by Gasteiger charge is 2.64. The van der Waals surface area contributed by atoms with Gasteiger partial charge in [0, 0.05) is 13.1 Å². The molecule has 0 radical (unpaired) electrons. The molecule has 0 spiro atoms. The zero-order chi connectivity index (χ0) is 20.7. The number of hydrogen-bond acceptors (Lipinski definition) is 2. The van der Waals surface area contributed by atoms with Crippen molar-refractivity contribution in [2.24, 2.45) is 5.41 Å². The average Bonchev–Trinajstić information content (AvgIpc) is 3.08. The first kappa shape index (κ1) is 19.9. The third-order valence-electron chi connectivity index (χ3n) is 5.09. The lowest BCUT2D eigenvalue weighted by molar-refractivity contribution is -0.227. The molecule has 1 atom stereocenters. The van der Waals surface area contributed by atoms with Crippen molar-refractivity contribution < 1.29 is 32.3 Å². The predicted molar refractivity (Wildman–Crippen MR) is 93.2 cm³/mol. The third-order valence-corrected chi connectivity index (χ3v) is 5.09. The van der Waals surface area contributed by atoms with Gasteiger partial charge in [0.05, 0.1) is 5.56 Å². The molecule has 2 aromatic carbocycles. The molecule has 1 fully saturated rings. The van der Waals surface area contributed by atoms with Gasteiger partial charge in [-0.1, -0.05) is 35.9 Å². The molecule has 1 aliphatic rings. The molecule has 0 bridgehead atoms. The molecular weight excluding hydrogens is 378 g/mol. The number of carboxylic acid groups (broad SMARTS) is 1. The summed E-state index contributed by atoms with van der Waals surface area (Å²) in [7, 11) is 0. The lowest BCUT2D eigenvalue weighted by Gasteiger charge is -2.27. The maximum atomic E-state index is 14.5. The Morgan fingerprint density at radius 1 is 1.07 bits per heavy atom. The van der Waals surface area contributed by atoms with Gasteiger partial charge in [-0.05, 0) is 36.6 Å². The van der Waals surface area contributed by atoms with Gasteiger partial charge in [-0.15, -0.1) is 0 Å². The van der Waals surface area contributed by atoms with E-state index in [-0.39, 0.29) is 5.56 Å². The summed E-state index contributed by atoms with van der Waals surface area (Å²) in [5.41, 5.74) is -1.14. The summed E-state index contributed by atoms with van der Waals surface area (Å²) in [4.78, 5) is 24.5. The minimum Gasteiger partial charge on any atom is -0.481 e. The molecule has 2 aromatic rings. The molecule has 148 valence electrons. The molecular formula is C20H17F4NO3. The van der Waals surface area contributed by atoms with Gasteiger partial charge in [-0.25, -0.2) is 4.39 Å². The first-order valence-corrected chi connectivity index (χ1v) is 8.51. The van der Waals surface area contributed by atoms with E-state index >= 15 is 0 Å². The number of benzene rings is 2. The number of carbonyl (C=O) groups excluding carboxylic acids is 1. The first-order chi connectivity index (χ1) is 13.0. The van der Waals surface area contributed by atoms with Crippen LogP contribution in [0.4, 0.5) is 17.6 Å². The summed E-state index contributed by atoms with van der Waals surface area (Å²) in [6, 6.07) is 11.1. The summed E-state index contributed by atoms with van der Waals surface area (Å²) in [5.74, 6) is -3.87. The van der Waals surface area contributed by atoms with Gasteiger partial charge in [-0.2, -0.15) is 13.2 Å². The fourth-order valence-corrected chi connectivity index (χ4v) is 3.29. The Hall–Kier alpha value is -2.90. The molecule has 4 nitrogen and oxygen atoms in total. The van der Waals surface area contributed by atoms with E-state index < -0.39 is 48.8 Å². The molecule has 3 rings (SSSR count). The highest BCUT2D eigenvalue weighted by Crippen LogP contribution is 2.46. The summed E-state index contributed by atoms with van der Waals surface area (Å²) >= 11 is 0. The average molecular weight is 395 g/mol. The largest absolute Gasteiger partial charge is 0.481 e. The van der Waals surface area contributed by atoms with E-state index in [9.17, 15) is 27.2 Å². The van der Waals surface area contributed by atoms with E-state index in [1.807, 2.05) is 19.1 Å². The van der Waals surface area contributed by atoms with Crippen LogP contribution >= 0.6 is 0 Å². The van der Waals surface area contributed by atoms with Gasteiger partial charge in [-0.3, -0.25) is 9.59 Å². The molecule has 1 unspecified atom stereocenters. The standard InChI is InChI=1S/C20H17F4NO3/c1-12-2-4-13(5-3-12)14-6-7-15(16(21)10-14)17(26)25-9-8-19(11-25,18(27)28)20(22,23)24/h2-7,10H,8-9,11H2,1H3,(H,27,28). The number of nitrogens with zero attached hydrogens (tertiary/aromatic N) is 1. The highest BCUT2D eigenvalue weighted by molar-refractivity contribution is 5.96. The molecule has 8 heteroatoms. The van der Waals surface area contributed by atoms with Crippen LogP contribution in [0.3, 0.4) is 0 Å². The zero-order valence-corrected chi connectivity index (χ0v) is 14.9. The summed E-state index contributed by atoms with van der Waals surface area (Å²) in [6.45, 7) is 0.452. The first-order valence-electron chi connectivity index (χ1n) is 8.51. The topological polar surface area (TPSA) is 57.6 Å². The number of likely N-dealkylation sites (tertiary alicyclic amines) is 1. The van der Waals surface area contributed by atoms with Gasteiger partial charge in [0.15, 0.2) is 5.41 Å². The second-order valence-corrected chi connectivity index (χ2v) is 6.92. The fourth-order valence-electron chi connectivity index (χ4n) is 3.29. The molecule has 1 N–H and O–H groups in total. The normalized spacial score (nSPS) is 19.7. The van der Waals surface area contributed by atoms with E-state index in [1.54, 1.807) is 12.1 Å². The van der Waals surface area contributed by atoms with Gasteiger partial charge < -0.3 is 10.0 Å². The van der Waals surface area contributed by atoms with Crippen LogP contribution in [-0.2, 0) is 4.79 Å². The number of aliphatic carboxylic acids is 1. The molecule has 1 heterocycles. The summed E-state index contributed by atoms with van der Waals surface area (Å²) < 4.78 is 54.3. The number of carboxylic acids is 1. The molecule has 1 saturated heterocycles. The third kappa shape index (κ3) is 3.34. The minimum atomic E-state index is -5.01. The van der Waals surface area contributed by atoms with Crippen molar-refractivity contribution in [1.29, 1.82) is 0 Å². The molecule has 0 aliphatic carbocycles. The Labute approximate surface area is 158 Å². The Bertz CT molecular complexity index is 924. The highest BCUT2D eigenvalue weighted by atomic mass is 19.4. The Kier molecular flexibility index (Phi) is 4.91. The smallest absolute Gasteiger partial charge is 0.406 e. The van der Waals surface area contributed by atoms with Crippen LogP contribution in [-0.4, -0.2) is 41.1 Å². The van der Waals surface area contributed by atoms with E-state index in [2.05, 4.69) is 0 Å². The number of alkyl halides is 3. The van der Waals surface area contributed by atoms with Crippen molar-refractivity contribution in [1.82, 2.24) is 4.90 Å². The maximum Gasteiger partial charge on any atom is 0.406 e. The maximum absolute atomic E-state index is 14.5. The number of rotatable bonds is 3. The number of amides is 1. The van der Waals surface area contributed by atoms with Crippen molar-refractivity contribution in [2.45, 2.75) is 19.5 Å². The second-order valence-electron chi connectivity index (χ2n) is 6.92. The van der Waals surface area contributed by atoms with Gasteiger partial charge in [0.25, 0.3) is 5.91 Å². The van der Waals surface area contributed by atoms with Crippen molar-refractivity contribution >= 4 is 11.9 Å². The van der Waals surface area contributed by atoms with E-state index in [1.165, 1.54) is 12.1 Å². The Balaban J connectivity index is 1.85. The molecule has 1 amide bonds. The Morgan fingerprint density at radius 3 is 2.18 bits per heavy atom. The second kappa shape index (κ2) is 6.92. The number of hydrogen-bond donors (Lipinski definition) is 1. The van der Waals surface area contributed by atoms with Crippen LogP contribution in [0.5, 0.6) is 0 Å². The molecule has 0 aromatic heterocycles. The van der Waals surface area contributed by atoms with Gasteiger partial charge >= 0.3 is 12.1 Å². The van der Waals surface area contributed by atoms with E-state index in [0.717, 1.165) is 22.1 Å². The monoisotopic (exact) mass is 395 g/mol. The van der Waals surface area contributed by atoms with Crippen molar-refractivity contribution in [3.63, 3.8) is 0 Å². The Morgan fingerprint density at radius 2 is 1.68 bits per heavy atom. The lowest BCUT2D eigenvalue weighted by Crippen LogP contribution is -2.47. The summed E-state index contributed by atoms with van der Waals surface area (Å²) in [5, 5.41) is 9.07. The zero-order valence-electron chi connectivity index (χ0n) is 14.9. The van der Waals surface area contributed by atoms with Crippen LogP contribution in [0, 0.1) is 18.2 Å². The fraction of sp³-hybridized carbons (Fsp3) is 0.300. The SMILES string of the molecule is Cc1ccc(-c2ccc(C(=O)N3CCC(C(=O)O)(C(F)(F)F)C3)c(F)c2)cc1. The van der Waals surface area contributed by atoms with Gasteiger partial charge in [0.2, 0.25) is 0 Å². The van der Waals surface area contributed by atoms with Gasteiger partial charge in [0.1, 0.15) is 5.82 Å². The van der Waals surface area contributed by atoms with Crippen LogP contribution in [0.25, 0.3) is 11.1 Å². The van der Waals surface area contributed by atoms with Crippen molar-refractivity contribution in [3.05, 3.63) is 59.4 Å². The quantitative estimate of drug-likeness (QED) is 0.790. The van der Waals surface area contributed by atoms with Crippen molar-refractivity contribution in [3.8, 4) is 11.1 Å². The molecule has 28 heavy (non-hydrogen) atoms. The predicted octanol–water partition coefficient (Wildman–Crippen LogP) is 4.28. The molecule has 1 aliphatic heterocycles. The van der Waals surface area contributed by atoms with E-state index in [0.29, 0.717) is 5.56 Å². The number of carbonyl (C=O) groups is 2. The minimum absolute atomic E-state index is 0.390. The molecule has 0 saturated carbocycles. The summed E-state index contributed by atoms with van der Waals surface area (Å²) in [6.07, 6.45) is -5.78. The van der Waals surface area contributed by atoms with Crippen LogP contribution in [0.1, 0.15) is 22.3 Å². The number of aryl methyl sites for hydroxylation is 1. The lowest BCUT2D eigenvalue weighted by atomic mass is 9.86. The number of halogens is 4. The van der Waals surface area contributed by atoms with Crippen LogP contribution in [0.2, 0.25) is 0 Å².